The molecule has 0 bridgehead atoms. The third kappa shape index (κ3) is 1.90. The highest BCUT2D eigenvalue weighted by Gasteiger charge is 2.24. The Bertz CT molecular complexity index is 543. The van der Waals surface area contributed by atoms with E-state index >= 15 is 0 Å². The summed E-state index contributed by atoms with van der Waals surface area (Å²) >= 11 is 0. The van der Waals surface area contributed by atoms with Crippen molar-refractivity contribution in [1.82, 2.24) is 10.2 Å². The Balaban J connectivity index is 1.96. The fourth-order valence-corrected chi connectivity index (χ4v) is 2.00. The van der Waals surface area contributed by atoms with Gasteiger partial charge < -0.3 is 5.32 Å². The van der Waals surface area contributed by atoms with E-state index in [0.717, 1.165) is 11.4 Å². The Labute approximate surface area is 99.1 Å². The van der Waals surface area contributed by atoms with Crippen molar-refractivity contribution >= 4 is 5.82 Å². The highest BCUT2D eigenvalue weighted by Crippen LogP contribution is 2.41. The summed E-state index contributed by atoms with van der Waals surface area (Å²) in [6.45, 7) is 0. The second-order valence-corrected chi connectivity index (χ2v) is 4.43. The van der Waals surface area contributed by atoms with E-state index < -0.39 is 0 Å². The van der Waals surface area contributed by atoms with Gasteiger partial charge in [-0.15, -0.1) is 0 Å². The molecule has 3 rings (SSSR count). The number of nitrogens with zero attached hydrogens (tertiary/aromatic N) is 1. The summed E-state index contributed by atoms with van der Waals surface area (Å²) in [5.41, 5.74) is 2.29. The number of aromatic amines is 1. The predicted octanol–water partition coefficient (Wildman–Crippen LogP) is 3.13. The monoisotopic (exact) mass is 231 g/mol. The van der Waals surface area contributed by atoms with Gasteiger partial charge in [-0.25, -0.2) is 4.39 Å². The number of nitrogens with one attached hydrogen (secondary N) is 2. The van der Waals surface area contributed by atoms with Crippen molar-refractivity contribution in [3.05, 3.63) is 35.6 Å². The largest absolute Gasteiger partial charge is 0.374 e. The van der Waals surface area contributed by atoms with E-state index in [2.05, 4.69) is 15.5 Å². The van der Waals surface area contributed by atoms with Crippen molar-refractivity contribution in [3.8, 4) is 11.3 Å². The topological polar surface area (TPSA) is 40.7 Å². The van der Waals surface area contributed by atoms with Gasteiger partial charge in [-0.05, 0) is 36.5 Å². The Kier molecular flexibility index (Phi) is 2.35. The molecule has 3 nitrogen and oxygen atoms in total. The Morgan fingerprint density at radius 2 is 2.18 bits per heavy atom. The van der Waals surface area contributed by atoms with Crippen LogP contribution in [0, 0.1) is 5.82 Å². The lowest BCUT2D eigenvalue weighted by molar-refractivity contribution is 0.628. The minimum Gasteiger partial charge on any atom is -0.374 e. The van der Waals surface area contributed by atoms with Gasteiger partial charge in [-0.3, -0.25) is 5.10 Å². The van der Waals surface area contributed by atoms with Crippen molar-refractivity contribution in [2.45, 2.75) is 18.8 Å². The van der Waals surface area contributed by atoms with Crippen molar-refractivity contribution in [2.75, 3.05) is 12.4 Å². The fraction of sp³-hybridized carbons (Fsp3) is 0.308. The van der Waals surface area contributed by atoms with Gasteiger partial charge >= 0.3 is 0 Å². The lowest BCUT2D eigenvalue weighted by atomic mass is 10.1. The molecule has 1 saturated carbocycles. The molecule has 88 valence electrons. The SMILES string of the molecule is CNc1cc(-c2ccc(C3CC3)cc2F)n[nH]1. The average Bonchev–Trinajstić information content (AvgIpc) is 3.08. The summed E-state index contributed by atoms with van der Waals surface area (Å²) in [7, 11) is 1.80. The molecule has 2 N–H and O–H groups in total. The number of halogens is 1. The minimum absolute atomic E-state index is 0.191. The third-order valence-electron chi connectivity index (χ3n) is 3.17. The normalized spacial score (nSPS) is 14.9. The van der Waals surface area contributed by atoms with E-state index in [1.807, 2.05) is 12.1 Å². The van der Waals surface area contributed by atoms with Gasteiger partial charge in [0.25, 0.3) is 0 Å². The van der Waals surface area contributed by atoms with Gasteiger partial charge in [0.1, 0.15) is 11.6 Å². The smallest absolute Gasteiger partial charge is 0.132 e. The van der Waals surface area contributed by atoms with Crippen LogP contribution in [-0.4, -0.2) is 17.2 Å². The molecule has 2 aromatic rings. The molecule has 0 unspecified atom stereocenters. The zero-order valence-electron chi connectivity index (χ0n) is 9.63. The first-order valence-electron chi connectivity index (χ1n) is 5.81. The molecular formula is C13H14FN3. The average molecular weight is 231 g/mol. The van der Waals surface area contributed by atoms with Gasteiger partial charge in [0.2, 0.25) is 0 Å². The minimum atomic E-state index is -0.191. The van der Waals surface area contributed by atoms with E-state index in [1.54, 1.807) is 19.2 Å². The molecule has 0 radical (unpaired) electrons. The van der Waals surface area contributed by atoms with Crippen LogP contribution in [0.25, 0.3) is 11.3 Å². The summed E-state index contributed by atoms with van der Waals surface area (Å²) < 4.78 is 14.0. The lowest BCUT2D eigenvalue weighted by Crippen LogP contribution is -1.88. The zero-order valence-corrected chi connectivity index (χ0v) is 9.63. The Morgan fingerprint density at radius 1 is 1.35 bits per heavy atom. The third-order valence-corrected chi connectivity index (χ3v) is 3.17. The van der Waals surface area contributed by atoms with Crippen LogP contribution >= 0.6 is 0 Å². The van der Waals surface area contributed by atoms with E-state index in [-0.39, 0.29) is 5.82 Å². The number of H-pyrrole nitrogens is 1. The number of rotatable bonds is 3. The molecule has 4 heteroatoms. The van der Waals surface area contributed by atoms with Crippen molar-refractivity contribution in [3.63, 3.8) is 0 Å². The Hall–Kier alpha value is -1.84. The maximum Gasteiger partial charge on any atom is 0.132 e. The van der Waals surface area contributed by atoms with E-state index in [9.17, 15) is 4.39 Å². The predicted molar refractivity (Wildman–Crippen MR) is 65.5 cm³/mol. The van der Waals surface area contributed by atoms with Crippen molar-refractivity contribution in [1.29, 1.82) is 0 Å². The van der Waals surface area contributed by atoms with Crippen molar-refractivity contribution in [2.24, 2.45) is 0 Å². The summed E-state index contributed by atoms with van der Waals surface area (Å²) in [6.07, 6.45) is 2.37. The first kappa shape index (κ1) is 10.3. The Morgan fingerprint density at radius 3 is 2.76 bits per heavy atom. The second-order valence-electron chi connectivity index (χ2n) is 4.43. The van der Waals surface area contributed by atoms with Gasteiger partial charge in [0.05, 0.1) is 5.69 Å². The second kappa shape index (κ2) is 3.87. The zero-order chi connectivity index (χ0) is 11.8. The van der Waals surface area contributed by atoms with Crippen LogP contribution in [0.3, 0.4) is 0 Å². The molecule has 1 aromatic heterocycles. The van der Waals surface area contributed by atoms with E-state index in [1.165, 1.54) is 12.8 Å². The molecule has 0 amide bonds. The van der Waals surface area contributed by atoms with Gasteiger partial charge in [-0.2, -0.15) is 5.10 Å². The van der Waals surface area contributed by atoms with Crippen LogP contribution in [0.1, 0.15) is 24.3 Å². The molecule has 1 aliphatic carbocycles. The van der Waals surface area contributed by atoms with Gasteiger partial charge in [0, 0.05) is 18.7 Å². The number of benzene rings is 1. The first-order valence-corrected chi connectivity index (χ1v) is 5.81. The summed E-state index contributed by atoms with van der Waals surface area (Å²) in [5.74, 6) is 1.17. The standard InChI is InChI=1S/C13H14FN3/c1-15-13-7-12(16-17-13)10-5-4-9(6-11(10)14)8-2-3-8/h4-8H,2-3H2,1H3,(H2,15,16,17). The summed E-state index contributed by atoms with van der Waals surface area (Å²) in [6, 6.07) is 7.26. The molecule has 1 heterocycles. The van der Waals surface area contributed by atoms with Crippen LogP contribution < -0.4 is 5.32 Å². The van der Waals surface area contributed by atoms with Gasteiger partial charge in [0.15, 0.2) is 0 Å². The molecule has 0 saturated heterocycles. The molecule has 1 aromatic carbocycles. The summed E-state index contributed by atoms with van der Waals surface area (Å²) in [5, 5.41) is 9.82. The molecule has 1 aliphatic rings. The van der Waals surface area contributed by atoms with E-state index in [0.29, 0.717) is 17.2 Å². The van der Waals surface area contributed by atoms with Gasteiger partial charge in [-0.1, -0.05) is 6.07 Å². The first-order chi connectivity index (χ1) is 8.28. The lowest BCUT2D eigenvalue weighted by Gasteiger charge is -2.02. The highest BCUT2D eigenvalue weighted by molar-refractivity contribution is 5.63. The number of hydrogen-bond acceptors (Lipinski definition) is 2. The number of hydrogen-bond donors (Lipinski definition) is 2. The molecule has 1 fully saturated rings. The molecule has 0 spiro atoms. The van der Waals surface area contributed by atoms with Crippen LogP contribution in [0.15, 0.2) is 24.3 Å². The van der Waals surface area contributed by atoms with Crippen LogP contribution in [0.5, 0.6) is 0 Å². The molecule has 0 atom stereocenters. The quantitative estimate of drug-likeness (QED) is 0.852. The molecular weight excluding hydrogens is 217 g/mol. The van der Waals surface area contributed by atoms with E-state index in [4.69, 9.17) is 0 Å². The highest BCUT2D eigenvalue weighted by atomic mass is 19.1. The van der Waals surface area contributed by atoms with Crippen molar-refractivity contribution < 1.29 is 4.39 Å². The molecule has 17 heavy (non-hydrogen) atoms. The number of aromatic nitrogens is 2. The maximum absolute atomic E-state index is 14.0. The van der Waals surface area contributed by atoms with Crippen LogP contribution in [0.4, 0.5) is 10.2 Å². The van der Waals surface area contributed by atoms with Crippen LogP contribution in [0.2, 0.25) is 0 Å². The fourth-order valence-electron chi connectivity index (χ4n) is 2.00. The number of anilines is 1. The maximum atomic E-state index is 14.0. The molecule has 0 aliphatic heterocycles. The summed E-state index contributed by atoms with van der Waals surface area (Å²) in [4.78, 5) is 0. The van der Waals surface area contributed by atoms with Crippen LogP contribution in [-0.2, 0) is 0 Å².